The van der Waals surface area contributed by atoms with Crippen molar-refractivity contribution in [2.45, 2.75) is 11.8 Å². The van der Waals surface area contributed by atoms with Crippen LogP contribution in [0.5, 0.6) is 0 Å². The summed E-state index contributed by atoms with van der Waals surface area (Å²) in [5.41, 5.74) is 1.78. The molecule has 1 amide bonds. The maximum absolute atomic E-state index is 11.4. The van der Waals surface area contributed by atoms with E-state index < -0.39 is 10.0 Å². The molecule has 0 unspecified atom stereocenters. The summed E-state index contributed by atoms with van der Waals surface area (Å²) in [6, 6.07) is 4.86. The van der Waals surface area contributed by atoms with Gasteiger partial charge in [0.25, 0.3) is 0 Å². The zero-order chi connectivity index (χ0) is 16.6. The first-order valence-electron chi connectivity index (χ1n) is 6.45. The number of hydrogen-bond donors (Lipinski definition) is 2. The van der Waals surface area contributed by atoms with Gasteiger partial charge in [-0.25, -0.2) is 18.1 Å². The average Bonchev–Trinajstić information content (AvgIpc) is 2.86. The number of anilines is 1. The zero-order valence-corrected chi connectivity index (χ0v) is 12.8. The minimum atomic E-state index is -3.83. The predicted molar refractivity (Wildman–Crippen MR) is 81.9 cm³/mol. The van der Waals surface area contributed by atoms with E-state index in [4.69, 9.17) is 5.14 Å². The number of nitrogens with zero attached hydrogens (tertiary/aromatic N) is 4. The van der Waals surface area contributed by atoms with E-state index >= 15 is 0 Å². The summed E-state index contributed by atoms with van der Waals surface area (Å²) in [5, 5.41) is 11.7. The van der Waals surface area contributed by atoms with Gasteiger partial charge in [-0.1, -0.05) is 0 Å². The van der Waals surface area contributed by atoms with Crippen molar-refractivity contribution in [3.8, 4) is 11.1 Å². The molecule has 0 saturated carbocycles. The molecule has 9 nitrogen and oxygen atoms in total. The van der Waals surface area contributed by atoms with E-state index in [2.05, 4.69) is 20.4 Å². The highest BCUT2D eigenvalue weighted by Crippen LogP contribution is 2.21. The minimum absolute atomic E-state index is 0.0763. The van der Waals surface area contributed by atoms with Crippen LogP contribution in [0.4, 0.5) is 5.95 Å². The Morgan fingerprint density at radius 3 is 2.74 bits per heavy atom. The van der Waals surface area contributed by atoms with E-state index in [9.17, 15) is 13.2 Å². The van der Waals surface area contributed by atoms with Crippen molar-refractivity contribution in [1.29, 1.82) is 0 Å². The number of aromatic nitrogens is 4. The van der Waals surface area contributed by atoms with Crippen LogP contribution in [-0.4, -0.2) is 33.9 Å². The van der Waals surface area contributed by atoms with Crippen LogP contribution in [-0.2, 0) is 14.8 Å². The number of carbonyl (C=O) groups excluding carboxylic acids is 1. The van der Waals surface area contributed by atoms with E-state index in [1.54, 1.807) is 18.3 Å². The third kappa shape index (κ3) is 3.17. The Labute approximate surface area is 131 Å². The van der Waals surface area contributed by atoms with E-state index in [-0.39, 0.29) is 16.8 Å². The van der Waals surface area contributed by atoms with Gasteiger partial charge in [0.2, 0.25) is 21.9 Å². The normalized spacial score (nSPS) is 11.6. The highest BCUT2D eigenvalue weighted by molar-refractivity contribution is 7.89. The van der Waals surface area contributed by atoms with E-state index in [1.165, 1.54) is 29.9 Å². The molecule has 0 fully saturated rings. The molecule has 3 aromatic heterocycles. The van der Waals surface area contributed by atoms with Gasteiger partial charge in [-0.15, -0.1) is 5.10 Å². The van der Waals surface area contributed by atoms with Gasteiger partial charge in [0, 0.05) is 36.6 Å². The van der Waals surface area contributed by atoms with E-state index in [1.807, 2.05) is 0 Å². The topological polar surface area (TPSA) is 132 Å². The van der Waals surface area contributed by atoms with Crippen LogP contribution in [0.15, 0.2) is 41.7 Å². The molecule has 0 radical (unpaired) electrons. The Kier molecular flexibility index (Phi) is 3.54. The molecule has 23 heavy (non-hydrogen) atoms. The fourth-order valence-electron chi connectivity index (χ4n) is 2.00. The summed E-state index contributed by atoms with van der Waals surface area (Å²) < 4.78 is 24.3. The van der Waals surface area contributed by atoms with Crippen LogP contribution < -0.4 is 10.5 Å². The average molecular weight is 332 g/mol. The molecule has 0 bridgehead atoms. The van der Waals surface area contributed by atoms with Crippen LogP contribution in [0.3, 0.4) is 0 Å². The molecule has 118 valence electrons. The van der Waals surface area contributed by atoms with Gasteiger partial charge >= 0.3 is 0 Å². The summed E-state index contributed by atoms with van der Waals surface area (Å²) in [4.78, 5) is 19.0. The first kappa shape index (κ1) is 15.1. The largest absolute Gasteiger partial charge is 0.293 e. The summed E-state index contributed by atoms with van der Waals surface area (Å²) >= 11 is 0. The van der Waals surface area contributed by atoms with Crippen LogP contribution in [0.25, 0.3) is 16.8 Å². The third-order valence-corrected chi connectivity index (χ3v) is 3.87. The smallest absolute Gasteiger partial charge is 0.249 e. The number of hydrogen-bond acceptors (Lipinski definition) is 6. The van der Waals surface area contributed by atoms with Crippen molar-refractivity contribution < 1.29 is 13.2 Å². The summed E-state index contributed by atoms with van der Waals surface area (Å²) in [6.45, 7) is 1.36. The molecule has 0 saturated heterocycles. The molecule has 3 rings (SSSR count). The Morgan fingerprint density at radius 2 is 2.04 bits per heavy atom. The predicted octanol–water partition coefficient (Wildman–Crippen LogP) is 0.397. The second-order valence-corrected chi connectivity index (χ2v) is 6.35. The van der Waals surface area contributed by atoms with Crippen molar-refractivity contribution in [1.82, 2.24) is 19.6 Å². The lowest BCUT2D eigenvalue weighted by Crippen LogP contribution is -2.12. The minimum Gasteiger partial charge on any atom is -0.293 e. The quantitative estimate of drug-likeness (QED) is 0.713. The molecule has 0 aliphatic heterocycles. The van der Waals surface area contributed by atoms with E-state index in [0.717, 1.165) is 0 Å². The summed E-state index contributed by atoms with van der Waals surface area (Å²) in [7, 11) is -3.83. The zero-order valence-electron chi connectivity index (χ0n) is 12.0. The van der Waals surface area contributed by atoms with Gasteiger partial charge in [0.15, 0.2) is 5.65 Å². The number of nitrogens with two attached hydrogens (primary N) is 1. The Bertz CT molecular complexity index is 1010. The lowest BCUT2D eigenvalue weighted by Gasteiger charge is -2.03. The van der Waals surface area contributed by atoms with Gasteiger partial charge in [0.1, 0.15) is 4.90 Å². The van der Waals surface area contributed by atoms with Crippen molar-refractivity contribution in [3.05, 3.63) is 36.8 Å². The molecule has 3 aromatic rings. The highest BCUT2D eigenvalue weighted by atomic mass is 32.2. The molecule has 10 heteroatoms. The van der Waals surface area contributed by atoms with Gasteiger partial charge < -0.3 is 0 Å². The van der Waals surface area contributed by atoms with Crippen LogP contribution in [0, 0.1) is 0 Å². The van der Waals surface area contributed by atoms with Crippen molar-refractivity contribution >= 4 is 27.5 Å². The Balaban J connectivity index is 2.05. The van der Waals surface area contributed by atoms with Crippen molar-refractivity contribution in [2.24, 2.45) is 5.14 Å². The molecule has 0 aliphatic carbocycles. The molecule has 0 aliphatic rings. The molecule has 0 spiro atoms. The number of fused-ring (bicyclic) bond motifs is 1. The second-order valence-electron chi connectivity index (χ2n) is 4.79. The van der Waals surface area contributed by atoms with Crippen molar-refractivity contribution in [3.63, 3.8) is 0 Å². The van der Waals surface area contributed by atoms with Crippen LogP contribution in [0.2, 0.25) is 0 Å². The van der Waals surface area contributed by atoms with E-state index in [0.29, 0.717) is 16.8 Å². The van der Waals surface area contributed by atoms with Gasteiger partial charge in [-0.2, -0.15) is 4.98 Å². The van der Waals surface area contributed by atoms with Gasteiger partial charge in [-0.05, 0) is 18.2 Å². The van der Waals surface area contributed by atoms with Gasteiger partial charge in [0.05, 0.1) is 0 Å². The molecule has 3 heterocycles. The highest BCUT2D eigenvalue weighted by Gasteiger charge is 2.11. The summed E-state index contributed by atoms with van der Waals surface area (Å²) in [5.74, 6) is -0.0859. The number of rotatable bonds is 3. The Hall–Kier alpha value is -2.85. The summed E-state index contributed by atoms with van der Waals surface area (Å²) in [6.07, 6.45) is 4.35. The standard InChI is InChI=1S/C13H12N6O3S/c1-8(20)16-13-17-12-3-2-9(7-19(12)18-13)10-4-11(6-15-5-10)23(14,21)22/h2-7H,1H3,(H2,14,21,22)(H,16,18,20). The van der Waals surface area contributed by atoms with Crippen LogP contribution >= 0.6 is 0 Å². The SMILES string of the molecule is CC(=O)Nc1nc2ccc(-c3cncc(S(N)(=O)=O)c3)cn2n1. The maximum atomic E-state index is 11.4. The molecule has 3 N–H and O–H groups in total. The molecular weight excluding hydrogens is 320 g/mol. The number of carbonyl (C=O) groups is 1. The molecule has 0 aromatic carbocycles. The van der Waals surface area contributed by atoms with Crippen LogP contribution in [0.1, 0.15) is 6.92 Å². The lowest BCUT2D eigenvalue weighted by atomic mass is 10.1. The maximum Gasteiger partial charge on any atom is 0.249 e. The van der Waals surface area contributed by atoms with Gasteiger partial charge in [-0.3, -0.25) is 15.1 Å². The number of amides is 1. The number of primary sulfonamides is 1. The number of nitrogens with one attached hydrogen (secondary N) is 1. The molecular formula is C13H12N6O3S. The third-order valence-electron chi connectivity index (χ3n) is 2.99. The fourth-order valence-corrected chi connectivity index (χ4v) is 2.50. The fraction of sp³-hybridized carbons (Fsp3) is 0.0769. The monoisotopic (exact) mass is 332 g/mol. The lowest BCUT2D eigenvalue weighted by molar-refractivity contribution is -0.114. The Morgan fingerprint density at radius 1 is 1.26 bits per heavy atom. The molecule has 0 atom stereocenters. The number of pyridine rings is 2. The second kappa shape index (κ2) is 5.41. The number of sulfonamides is 1. The first-order chi connectivity index (χ1) is 10.8. The first-order valence-corrected chi connectivity index (χ1v) is 8.00. The van der Waals surface area contributed by atoms with Crippen molar-refractivity contribution in [2.75, 3.05) is 5.32 Å².